The maximum Gasteiger partial charge on any atom is 0.267 e. The van der Waals surface area contributed by atoms with Gasteiger partial charge < -0.3 is 28.9 Å². The summed E-state index contributed by atoms with van der Waals surface area (Å²) in [7, 11) is -2.35. The first-order valence-corrected chi connectivity index (χ1v) is 17.4. The van der Waals surface area contributed by atoms with Crippen LogP contribution in [0.1, 0.15) is 72.2 Å². The van der Waals surface area contributed by atoms with E-state index in [-0.39, 0.29) is 58.7 Å². The van der Waals surface area contributed by atoms with Crippen LogP contribution in [0.25, 0.3) is 0 Å². The lowest BCUT2D eigenvalue weighted by Crippen LogP contribution is -2.48. The maximum absolute atomic E-state index is 14.4. The summed E-state index contributed by atoms with van der Waals surface area (Å²) in [5.41, 5.74) is 1.09. The molecule has 12 nitrogen and oxygen atoms in total. The van der Waals surface area contributed by atoms with Crippen molar-refractivity contribution in [3.05, 3.63) is 71.1 Å². The zero-order valence-corrected chi connectivity index (χ0v) is 28.7. The highest BCUT2D eigenvalue weighted by molar-refractivity contribution is 7.92. The lowest BCUT2D eigenvalue weighted by molar-refractivity contribution is -0.0149. The number of hydrogen-bond acceptors (Lipinski definition) is 9. The molecule has 4 rings (SSSR count). The highest BCUT2D eigenvalue weighted by Gasteiger charge is 2.32. The van der Waals surface area contributed by atoms with Crippen molar-refractivity contribution in [2.24, 2.45) is 5.92 Å². The van der Waals surface area contributed by atoms with Crippen molar-refractivity contribution in [3.8, 4) is 5.75 Å². The summed E-state index contributed by atoms with van der Waals surface area (Å²) in [6, 6.07) is 13.0. The second-order valence-corrected chi connectivity index (χ2v) is 13.9. The largest absolute Gasteiger partial charge is 0.490 e. The zero-order valence-electron chi connectivity index (χ0n) is 27.9. The molecule has 3 aromatic rings. The van der Waals surface area contributed by atoms with Gasteiger partial charge in [-0.2, -0.15) is 0 Å². The van der Waals surface area contributed by atoms with Gasteiger partial charge in [-0.15, -0.1) is 0 Å². The predicted molar refractivity (Wildman–Crippen MR) is 177 cm³/mol. The summed E-state index contributed by atoms with van der Waals surface area (Å²) < 4.78 is 46.8. The predicted octanol–water partition coefficient (Wildman–Crippen LogP) is 4.66. The quantitative estimate of drug-likeness (QED) is 0.349. The molecule has 256 valence electrons. The minimum absolute atomic E-state index is 0.0695. The Balaban J connectivity index is 1.67. The molecule has 1 aliphatic rings. The number of ether oxygens (including phenoxy) is 2. The fourth-order valence-corrected chi connectivity index (χ4v) is 7.05. The third-order valence-electron chi connectivity index (χ3n) is 8.36. The molecule has 0 unspecified atom stereocenters. The van der Waals surface area contributed by atoms with Crippen LogP contribution in [-0.2, 0) is 14.8 Å². The minimum Gasteiger partial charge on any atom is -0.490 e. The van der Waals surface area contributed by atoms with Crippen LogP contribution in [0.5, 0.6) is 5.75 Å². The number of nitrogens with one attached hydrogen (secondary N) is 1. The fraction of sp³-hybridized carbons (Fsp3) is 0.500. The first kappa shape index (κ1) is 35.9. The Morgan fingerprint density at radius 2 is 1.87 bits per heavy atom. The Labute approximate surface area is 277 Å². The number of nitrogens with zero attached hydrogens (tertiary/aromatic N) is 3. The van der Waals surface area contributed by atoms with E-state index in [1.807, 2.05) is 32.0 Å². The van der Waals surface area contributed by atoms with E-state index < -0.39 is 28.1 Å². The molecule has 0 spiro atoms. The van der Waals surface area contributed by atoms with Crippen LogP contribution < -0.4 is 9.46 Å². The van der Waals surface area contributed by atoms with Crippen molar-refractivity contribution in [3.63, 3.8) is 0 Å². The van der Waals surface area contributed by atoms with Crippen molar-refractivity contribution in [1.82, 2.24) is 15.0 Å². The van der Waals surface area contributed by atoms with Gasteiger partial charge in [-0.1, -0.05) is 30.3 Å². The lowest BCUT2D eigenvalue weighted by atomic mass is 10.0. The number of carbonyl (C=O) groups excluding carboxylic acids is 2. The van der Waals surface area contributed by atoms with Crippen LogP contribution >= 0.6 is 0 Å². The van der Waals surface area contributed by atoms with Gasteiger partial charge in [-0.05, 0) is 77.3 Å². The highest BCUT2D eigenvalue weighted by Crippen LogP contribution is 2.30. The van der Waals surface area contributed by atoms with Gasteiger partial charge in [-0.25, -0.2) is 8.42 Å². The van der Waals surface area contributed by atoms with Crippen LogP contribution in [-0.4, -0.2) is 91.9 Å². The van der Waals surface area contributed by atoms with Gasteiger partial charge in [-0.3, -0.25) is 14.3 Å². The van der Waals surface area contributed by atoms with E-state index in [0.717, 1.165) is 12.8 Å². The molecular formula is C34H46N4O8S. The molecule has 1 aromatic heterocycles. The molecule has 13 heteroatoms. The number of anilines is 1. The molecule has 2 N–H and O–H groups in total. The monoisotopic (exact) mass is 670 g/mol. The molecule has 0 fully saturated rings. The van der Waals surface area contributed by atoms with Crippen LogP contribution in [0.4, 0.5) is 5.69 Å². The van der Waals surface area contributed by atoms with Gasteiger partial charge in [0.25, 0.3) is 21.8 Å². The topological polar surface area (TPSA) is 152 Å². The van der Waals surface area contributed by atoms with Crippen molar-refractivity contribution >= 4 is 27.5 Å². The van der Waals surface area contributed by atoms with Crippen molar-refractivity contribution in [2.45, 2.75) is 77.0 Å². The van der Waals surface area contributed by atoms with Crippen molar-refractivity contribution in [1.29, 1.82) is 0 Å². The Morgan fingerprint density at radius 1 is 1.15 bits per heavy atom. The number of rotatable bonds is 8. The first-order valence-electron chi connectivity index (χ1n) is 15.9. The summed E-state index contributed by atoms with van der Waals surface area (Å²) >= 11 is 0. The van der Waals surface area contributed by atoms with Gasteiger partial charge in [0.1, 0.15) is 11.4 Å². The Bertz CT molecular complexity index is 1610. The van der Waals surface area contributed by atoms with E-state index in [0.29, 0.717) is 30.9 Å². The van der Waals surface area contributed by atoms with Crippen LogP contribution in [0, 0.1) is 19.8 Å². The summed E-state index contributed by atoms with van der Waals surface area (Å²) in [5.74, 6) is -0.367. The van der Waals surface area contributed by atoms with Crippen molar-refractivity contribution in [2.75, 3.05) is 38.1 Å². The second-order valence-electron chi connectivity index (χ2n) is 12.3. The van der Waals surface area contributed by atoms with Gasteiger partial charge in [0, 0.05) is 43.9 Å². The SMILES string of the molecule is Cc1noc(C)c1S(=O)(=O)Nc1ccc2c(c1)C(=O)N([C@@H](C)CO)C[C@H](C)[C@@H](CN(C)C(=O)c1ccccc1)OCCCC[C@H](C)O2. The number of fused-ring (bicyclic) bond motifs is 1. The molecule has 1 aliphatic heterocycles. The lowest BCUT2D eigenvalue weighted by Gasteiger charge is -2.36. The molecule has 0 radical (unpaired) electrons. The van der Waals surface area contributed by atoms with Crippen LogP contribution in [0.3, 0.4) is 0 Å². The third kappa shape index (κ3) is 8.91. The van der Waals surface area contributed by atoms with E-state index in [9.17, 15) is 23.1 Å². The van der Waals surface area contributed by atoms with Gasteiger partial charge in [0.2, 0.25) is 0 Å². The average Bonchev–Trinajstić information content (AvgIpc) is 3.40. The van der Waals surface area contributed by atoms with E-state index in [4.69, 9.17) is 14.0 Å². The molecule has 4 atom stereocenters. The zero-order chi connectivity index (χ0) is 34.3. The molecular weight excluding hydrogens is 624 g/mol. The van der Waals surface area contributed by atoms with Gasteiger partial charge in [0.15, 0.2) is 10.7 Å². The van der Waals surface area contributed by atoms with Gasteiger partial charge >= 0.3 is 0 Å². The average molecular weight is 671 g/mol. The Kier molecular flexibility index (Phi) is 12.0. The second kappa shape index (κ2) is 15.8. The number of aryl methyl sites for hydroxylation is 2. The van der Waals surface area contributed by atoms with E-state index in [2.05, 4.69) is 9.88 Å². The number of amides is 2. The summed E-state index contributed by atoms with van der Waals surface area (Å²) in [6.07, 6.45) is 1.63. The number of carbonyl (C=O) groups is 2. The van der Waals surface area contributed by atoms with Gasteiger partial charge in [0.05, 0.1) is 30.4 Å². The standard InChI is InChI=1S/C34H46N4O8S/c1-22-19-38(23(2)21-39)34(41)29-18-28(36-47(42,43)32-25(4)35-46-26(32)5)15-16-30(29)45-24(3)12-10-11-17-44-31(22)20-37(6)33(40)27-13-8-7-9-14-27/h7-9,13-16,18,22-24,31,36,39H,10-12,17,19-21H2,1-6H3/t22-,23-,24-,31+/m0/s1. The molecule has 2 heterocycles. The summed E-state index contributed by atoms with van der Waals surface area (Å²) in [4.78, 5) is 30.6. The van der Waals surface area contributed by atoms with Crippen molar-refractivity contribution < 1.29 is 37.1 Å². The number of aliphatic hydroxyl groups is 1. The first-order chi connectivity index (χ1) is 22.3. The van der Waals surface area contributed by atoms with E-state index in [1.165, 1.54) is 19.9 Å². The minimum atomic E-state index is -4.09. The molecule has 0 bridgehead atoms. The number of hydrogen-bond donors (Lipinski definition) is 2. The Morgan fingerprint density at radius 3 is 2.53 bits per heavy atom. The number of likely N-dealkylation sites (N-methyl/N-ethyl adjacent to an activating group) is 1. The summed E-state index contributed by atoms with van der Waals surface area (Å²) in [6.45, 7) is 9.32. The van der Waals surface area contributed by atoms with E-state index >= 15 is 0 Å². The number of aliphatic hydroxyl groups excluding tert-OH is 1. The van der Waals surface area contributed by atoms with E-state index in [1.54, 1.807) is 48.0 Å². The molecule has 0 saturated heterocycles. The third-order valence-corrected chi connectivity index (χ3v) is 9.99. The highest BCUT2D eigenvalue weighted by atomic mass is 32.2. The number of benzene rings is 2. The molecule has 0 aliphatic carbocycles. The molecule has 2 amide bonds. The van der Waals surface area contributed by atoms with Crippen LogP contribution in [0.15, 0.2) is 57.9 Å². The molecule has 2 aromatic carbocycles. The number of sulfonamides is 1. The Hall–Kier alpha value is -3.94. The maximum atomic E-state index is 14.4. The van der Waals surface area contributed by atoms with Crippen LogP contribution in [0.2, 0.25) is 0 Å². The smallest absolute Gasteiger partial charge is 0.267 e. The fourth-order valence-electron chi connectivity index (χ4n) is 5.67. The number of aromatic nitrogens is 1. The molecule has 0 saturated carbocycles. The normalized spacial score (nSPS) is 20.4. The molecule has 47 heavy (non-hydrogen) atoms. The summed E-state index contributed by atoms with van der Waals surface area (Å²) in [5, 5.41) is 14.0.